The molecule has 1 aromatic carbocycles. The van der Waals surface area contributed by atoms with E-state index in [0.717, 1.165) is 5.56 Å². The van der Waals surface area contributed by atoms with Crippen LogP contribution in [0.5, 0.6) is 0 Å². The van der Waals surface area contributed by atoms with Crippen molar-refractivity contribution >= 4 is 5.95 Å². The van der Waals surface area contributed by atoms with Gasteiger partial charge in [-0.25, -0.2) is 4.98 Å². The van der Waals surface area contributed by atoms with Crippen LogP contribution in [0.4, 0.5) is 5.95 Å². The van der Waals surface area contributed by atoms with E-state index in [2.05, 4.69) is 35.7 Å². The molecule has 1 aromatic heterocycles. The van der Waals surface area contributed by atoms with Crippen molar-refractivity contribution in [1.29, 1.82) is 0 Å². The number of nitrogens with two attached hydrogens (primary N) is 1. The van der Waals surface area contributed by atoms with E-state index in [4.69, 9.17) is 5.73 Å². The average Bonchev–Trinajstić information content (AvgIpc) is 2.28. The minimum atomic E-state index is -0.142. The zero-order valence-electron chi connectivity index (χ0n) is 11.2. The van der Waals surface area contributed by atoms with Crippen molar-refractivity contribution < 1.29 is 0 Å². The molecule has 4 heteroatoms. The van der Waals surface area contributed by atoms with Crippen LogP contribution in [0.15, 0.2) is 24.3 Å². The number of nitrogens with zero attached hydrogens (tertiary/aromatic N) is 3. The molecule has 4 nitrogen and oxygen atoms in total. The van der Waals surface area contributed by atoms with E-state index in [0.29, 0.717) is 11.6 Å². The lowest BCUT2D eigenvalue weighted by Gasteiger charge is -2.17. The fourth-order valence-corrected chi connectivity index (χ4v) is 1.56. The van der Waals surface area contributed by atoms with E-state index < -0.39 is 0 Å². The molecule has 0 fully saturated rings. The zero-order valence-corrected chi connectivity index (χ0v) is 11.2. The van der Waals surface area contributed by atoms with Gasteiger partial charge >= 0.3 is 0 Å². The molecule has 0 bridgehead atoms. The summed E-state index contributed by atoms with van der Waals surface area (Å²) in [4.78, 5) is 12.9. The van der Waals surface area contributed by atoms with Crippen LogP contribution in [0.1, 0.15) is 32.2 Å². The largest absolute Gasteiger partial charge is 0.368 e. The Kier molecular flexibility index (Phi) is 3.03. The summed E-state index contributed by atoms with van der Waals surface area (Å²) in [6.45, 7) is 8.22. The monoisotopic (exact) mass is 242 g/mol. The Bertz CT molecular complexity index is 553. The van der Waals surface area contributed by atoms with Crippen molar-refractivity contribution in [3.8, 4) is 11.4 Å². The molecule has 0 aliphatic heterocycles. The van der Waals surface area contributed by atoms with Crippen molar-refractivity contribution in [3.05, 3.63) is 35.7 Å². The van der Waals surface area contributed by atoms with Gasteiger partial charge in [0.1, 0.15) is 5.82 Å². The van der Waals surface area contributed by atoms with Gasteiger partial charge in [0.05, 0.1) is 0 Å². The summed E-state index contributed by atoms with van der Waals surface area (Å²) >= 11 is 0. The summed E-state index contributed by atoms with van der Waals surface area (Å²) in [5.74, 6) is 1.61. The fraction of sp³-hybridized carbons (Fsp3) is 0.357. The van der Waals surface area contributed by atoms with Crippen LogP contribution < -0.4 is 5.73 Å². The van der Waals surface area contributed by atoms with Gasteiger partial charge in [0.15, 0.2) is 5.82 Å². The Morgan fingerprint density at radius 2 is 1.56 bits per heavy atom. The maximum atomic E-state index is 5.76. The van der Waals surface area contributed by atoms with E-state index in [1.165, 1.54) is 5.56 Å². The SMILES string of the molecule is Cc1ccc(-c2nc(N)nc(C(C)(C)C)n2)cc1. The first-order valence-electron chi connectivity index (χ1n) is 5.95. The second-order valence-corrected chi connectivity index (χ2v) is 5.46. The van der Waals surface area contributed by atoms with Crippen LogP contribution in [0, 0.1) is 6.92 Å². The molecule has 0 amide bonds. The number of rotatable bonds is 1. The predicted octanol–water partition coefficient (Wildman–Crippen LogP) is 2.73. The van der Waals surface area contributed by atoms with Crippen molar-refractivity contribution in [3.63, 3.8) is 0 Å². The van der Waals surface area contributed by atoms with Gasteiger partial charge in [-0.2, -0.15) is 9.97 Å². The molecule has 1 heterocycles. The van der Waals surface area contributed by atoms with Gasteiger partial charge < -0.3 is 5.73 Å². The topological polar surface area (TPSA) is 64.7 Å². The summed E-state index contributed by atoms with van der Waals surface area (Å²) < 4.78 is 0. The molecular weight excluding hydrogens is 224 g/mol. The molecule has 0 spiro atoms. The van der Waals surface area contributed by atoms with E-state index in [-0.39, 0.29) is 11.4 Å². The number of aryl methyl sites for hydroxylation is 1. The highest BCUT2D eigenvalue weighted by Gasteiger charge is 2.19. The summed E-state index contributed by atoms with van der Waals surface area (Å²) in [6.07, 6.45) is 0. The minimum Gasteiger partial charge on any atom is -0.368 e. The van der Waals surface area contributed by atoms with Crippen LogP contribution >= 0.6 is 0 Å². The minimum absolute atomic E-state index is 0.142. The molecule has 2 aromatic rings. The molecule has 18 heavy (non-hydrogen) atoms. The van der Waals surface area contributed by atoms with E-state index in [9.17, 15) is 0 Å². The van der Waals surface area contributed by atoms with Crippen molar-refractivity contribution in [2.75, 3.05) is 5.73 Å². The molecule has 0 atom stereocenters. The maximum absolute atomic E-state index is 5.76. The van der Waals surface area contributed by atoms with Crippen LogP contribution in [0.3, 0.4) is 0 Å². The zero-order chi connectivity index (χ0) is 13.3. The first-order valence-corrected chi connectivity index (χ1v) is 5.95. The Labute approximate surface area is 107 Å². The van der Waals surface area contributed by atoms with E-state index >= 15 is 0 Å². The van der Waals surface area contributed by atoms with Crippen LogP contribution in [-0.4, -0.2) is 15.0 Å². The Morgan fingerprint density at radius 1 is 0.944 bits per heavy atom. The first-order chi connectivity index (χ1) is 8.36. The Hall–Kier alpha value is -1.97. The van der Waals surface area contributed by atoms with Gasteiger partial charge in [-0.1, -0.05) is 50.6 Å². The normalized spacial score (nSPS) is 11.6. The summed E-state index contributed by atoms with van der Waals surface area (Å²) in [6, 6.07) is 8.06. The molecule has 0 aliphatic carbocycles. The molecule has 94 valence electrons. The summed E-state index contributed by atoms with van der Waals surface area (Å²) in [5.41, 5.74) is 7.78. The number of nitrogen functional groups attached to an aromatic ring is 1. The lowest BCUT2D eigenvalue weighted by atomic mass is 9.96. The Morgan fingerprint density at radius 3 is 2.11 bits per heavy atom. The van der Waals surface area contributed by atoms with Crippen LogP contribution in [0.25, 0.3) is 11.4 Å². The van der Waals surface area contributed by atoms with Crippen LogP contribution in [0.2, 0.25) is 0 Å². The van der Waals surface area contributed by atoms with E-state index in [1.54, 1.807) is 0 Å². The molecular formula is C14H18N4. The number of benzene rings is 1. The van der Waals surface area contributed by atoms with Crippen LogP contribution in [-0.2, 0) is 5.41 Å². The highest BCUT2D eigenvalue weighted by Crippen LogP contribution is 2.22. The molecule has 2 N–H and O–H groups in total. The van der Waals surface area contributed by atoms with E-state index in [1.807, 2.05) is 31.2 Å². The van der Waals surface area contributed by atoms with Gasteiger partial charge in [0.2, 0.25) is 5.95 Å². The highest BCUT2D eigenvalue weighted by molar-refractivity contribution is 5.56. The molecule has 2 rings (SSSR count). The van der Waals surface area contributed by atoms with Gasteiger partial charge in [-0.3, -0.25) is 0 Å². The third-order valence-corrected chi connectivity index (χ3v) is 2.63. The van der Waals surface area contributed by atoms with Crippen molar-refractivity contribution in [2.45, 2.75) is 33.1 Å². The molecule has 0 aliphatic rings. The molecule has 0 unspecified atom stereocenters. The lowest BCUT2D eigenvalue weighted by Crippen LogP contribution is -2.18. The summed E-state index contributed by atoms with van der Waals surface area (Å²) in [7, 11) is 0. The number of anilines is 1. The molecule has 0 saturated carbocycles. The maximum Gasteiger partial charge on any atom is 0.223 e. The average molecular weight is 242 g/mol. The third-order valence-electron chi connectivity index (χ3n) is 2.63. The second-order valence-electron chi connectivity index (χ2n) is 5.46. The first kappa shape index (κ1) is 12.5. The van der Waals surface area contributed by atoms with Gasteiger partial charge in [-0.15, -0.1) is 0 Å². The van der Waals surface area contributed by atoms with Gasteiger partial charge in [0, 0.05) is 11.0 Å². The lowest BCUT2D eigenvalue weighted by molar-refractivity contribution is 0.544. The Balaban J connectivity index is 2.52. The quantitative estimate of drug-likeness (QED) is 0.835. The smallest absolute Gasteiger partial charge is 0.223 e. The number of aromatic nitrogens is 3. The second kappa shape index (κ2) is 4.37. The van der Waals surface area contributed by atoms with Crippen molar-refractivity contribution in [1.82, 2.24) is 15.0 Å². The number of hydrogen-bond acceptors (Lipinski definition) is 4. The van der Waals surface area contributed by atoms with Gasteiger partial charge in [-0.05, 0) is 6.92 Å². The fourth-order valence-electron chi connectivity index (χ4n) is 1.56. The van der Waals surface area contributed by atoms with Gasteiger partial charge in [0.25, 0.3) is 0 Å². The third kappa shape index (κ3) is 2.64. The number of hydrogen-bond donors (Lipinski definition) is 1. The van der Waals surface area contributed by atoms with Crippen molar-refractivity contribution in [2.24, 2.45) is 0 Å². The standard InChI is InChI=1S/C14H18N4/c1-9-5-7-10(8-6-9)11-16-12(14(2,3)4)18-13(15)17-11/h5-8H,1-4H3,(H2,15,16,17,18). The summed E-state index contributed by atoms with van der Waals surface area (Å²) in [5, 5.41) is 0. The molecule has 0 radical (unpaired) electrons. The molecule has 0 saturated heterocycles. The predicted molar refractivity (Wildman–Crippen MR) is 73.1 cm³/mol. The highest BCUT2D eigenvalue weighted by atomic mass is 15.1.